The molecule has 134 valence electrons. The Hall–Kier alpha value is -1.80. The van der Waals surface area contributed by atoms with Crippen LogP contribution in [-0.2, 0) is 4.79 Å². The predicted molar refractivity (Wildman–Crippen MR) is 106 cm³/mol. The molecule has 1 N–H and O–H groups in total. The van der Waals surface area contributed by atoms with Crippen LogP contribution in [-0.4, -0.2) is 35.0 Å². The molecule has 0 bridgehead atoms. The van der Waals surface area contributed by atoms with E-state index in [-0.39, 0.29) is 24.2 Å². The second-order valence-electron chi connectivity index (χ2n) is 5.24. The molecule has 0 spiro atoms. The molecule has 0 aliphatic carbocycles. The number of thioether (sulfide) groups is 1. The maximum absolute atomic E-state index is 12.4. The summed E-state index contributed by atoms with van der Waals surface area (Å²) in [6, 6.07) is 8.45. The van der Waals surface area contributed by atoms with Gasteiger partial charge in [-0.15, -0.1) is 11.3 Å². The van der Waals surface area contributed by atoms with Crippen LogP contribution in [0.5, 0.6) is 0 Å². The van der Waals surface area contributed by atoms with E-state index in [9.17, 15) is 14.4 Å². The minimum atomic E-state index is -0.392. The number of hydrogen-bond acceptors (Lipinski definition) is 5. The molecule has 2 aromatic rings. The Kier molecular flexibility index (Phi) is 6.03. The number of carbonyl (C=O) groups excluding carboxylic acids is 3. The second kappa shape index (κ2) is 8.26. The van der Waals surface area contributed by atoms with Crippen molar-refractivity contribution < 1.29 is 14.4 Å². The normalized spacial score (nSPS) is 15.8. The Balaban J connectivity index is 1.62. The quantitative estimate of drug-likeness (QED) is 0.713. The largest absolute Gasteiger partial charge is 0.350 e. The smallest absolute Gasteiger partial charge is 0.293 e. The monoisotopic (exact) mass is 426 g/mol. The van der Waals surface area contributed by atoms with Crippen molar-refractivity contribution in [2.24, 2.45) is 0 Å². The summed E-state index contributed by atoms with van der Waals surface area (Å²) in [4.78, 5) is 38.4. The fourth-order valence-electron chi connectivity index (χ4n) is 2.22. The highest BCUT2D eigenvalue weighted by molar-refractivity contribution is 8.18. The zero-order valence-corrected chi connectivity index (χ0v) is 16.3. The maximum Gasteiger partial charge on any atom is 0.293 e. The Bertz CT molecular complexity index is 897. The third-order valence-corrected chi connectivity index (χ3v) is 6.00. The topological polar surface area (TPSA) is 66.5 Å². The first kappa shape index (κ1) is 19.0. The van der Waals surface area contributed by atoms with Crippen LogP contribution in [0.2, 0.25) is 10.0 Å². The van der Waals surface area contributed by atoms with Crippen LogP contribution in [0.4, 0.5) is 4.79 Å². The van der Waals surface area contributed by atoms with Crippen molar-refractivity contribution in [1.29, 1.82) is 0 Å². The molecule has 1 aliphatic heterocycles. The van der Waals surface area contributed by atoms with Gasteiger partial charge in [-0.05, 0) is 47.0 Å². The van der Waals surface area contributed by atoms with Gasteiger partial charge in [0, 0.05) is 13.1 Å². The molecule has 1 aliphatic rings. The molecule has 0 unspecified atom stereocenters. The molecule has 3 amide bonds. The van der Waals surface area contributed by atoms with E-state index in [1.165, 1.54) is 11.3 Å². The third-order valence-electron chi connectivity index (χ3n) is 3.48. The minimum Gasteiger partial charge on any atom is -0.350 e. The van der Waals surface area contributed by atoms with Crippen molar-refractivity contribution >= 4 is 69.4 Å². The lowest BCUT2D eigenvalue weighted by Crippen LogP contribution is -2.37. The molecule has 1 aromatic heterocycles. The number of carbonyl (C=O) groups is 3. The molecular weight excluding hydrogens is 415 g/mol. The lowest BCUT2D eigenvalue weighted by atomic mass is 10.2. The van der Waals surface area contributed by atoms with Crippen LogP contribution < -0.4 is 5.32 Å². The van der Waals surface area contributed by atoms with E-state index in [1.54, 1.807) is 41.8 Å². The van der Waals surface area contributed by atoms with Crippen LogP contribution in [0.15, 0.2) is 40.6 Å². The number of rotatable bonds is 5. The Labute approximate surface area is 168 Å². The van der Waals surface area contributed by atoms with Crippen LogP contribution in [0.3, 0.4) is 0 Å². The first-order valence-corrected chi connectivity index (χ1v) is 9.93. The molecule has 1 aromatic carbocycles. The second-order valence-corrected chi connectivity index (χ2v) is 8.00. The van der Waals surface area contributed by atoms with Gasteiger partial charge in [-0.1, -0.05) is 35.3 Å². The molecule has 26 heavy (non-hydrogen) atoms. The van der Waals surface area contributed by atoms with E-state index in [2.05, 4.69) is 5.32 Å². The van der Waals surface area contributed by atoms with Gasteiger partial charge in [0.05, 0.1) is 19.8 Å². The summed E-state index contributed by atoms with van der Waals surface area (Å²) < 4.78 is 0. The molecular formula is C17H12Cl2N2O3S2. The fourth-order valence-corrected chi connectivity index (χ4v) is 4.03. The molecule has 1 fully saturated rings. The Morgan fingerprint density at radius 1 is 1.19 bits per heavy atom. The molecule has 0 radical (unpaired) electrons. The van der Waals surface area contributed by atoms with Crippen LogP contribution in [0.25, 0.3) is 6.08 Å². The number of hydrogen-bond donors (Lipinski definition) is 1. The van der Waals surface area contributed by atoms with Gasteiger partial charge < -0.3 is 5.32 Å². The maximum atomic E-state index is 12.4. The number of nitrogens with one attached hydrogen (secondary N) is 1. The van der Waals surface area contributed by atoms with Crippen molar-refractivity contribution in [3.05, 3.63) is 61.1 Å². The van der Waals surface area contributed by atoms with Crippen molar-refractivity contribution in [1.82, 2.24) is 10.2 Å². The molecule has 5 nitrogen and oxygen atoms in total. The van der Waals surface area contributed by atoms with Gasteiger partial charge in [-0.2, -0.15) is 0 Å². The lowest BCUT2D eigenvalue weighted by Gasteiger charge is -2.12. The van der Waals surface area contributed by atoms with E-state index < -0.39 is 5.91 Å². The average Bonchev–Trinajstić information content (AvgIpc) is 3.22. The number of benzene rings is 1. The summed E-state index contributed by atoms with van der Waals surface area (Å²) in [5, 5.41) is 4.92. The molecule has 3 rings (SSSR count). The van der Waals surface area contributed by atoms with E-state index in [1.807, 2.05) is 0 Å². The van der Waals surface area contributed by atoms with E-state index in [0.29, 0.717) is 25.4 Å². The highest BCUT2D eigenvalue weighted by Crippen LogP contribution is 2.33. The summed E-state index contributed by atoms with van der Waals surface area (Å²) >= 11 is 14.0. The van der Waals surface area contributed by atoms with Crippen molar-refractivity contribution in [2.45, 2.75) is 0 Å². The third kappa shape index (κ3) is 4.29. The lowest BCUT2D eigenvalue weighted by molar-refractivity contribution is -0.122. The van der Waals surface area contributed by atoms with Crippen molar-refractivity contribution in [3.8, 4) is 0 Å². The Morgan fingerprint density at radius 3 is 2.69 bits per heavy atom. The molecule has 2 heterocycles. The fraction of sp³-hybridized carbons (Fsp3) is 0.118. The summed E-state index contributed by atoms with van der Waals surface area (Å²) in [6.45, 7) is 0.301. The number of halogens is 2. The number of imide groups is 1. The first-order valence-electron chi connectivity index (χ1n) is 7.48. The predicted octanol–water partition coefficient (Wildman–Crippen LogP) is 4.52. The van der Waals surface area contributed by atoms with Gasteiger partial charge in [0.15, 0.2) is 0 Å². The van der Waals surface area contributed by atoms with E-state index in [0.717, 1.165) is 16.7 Å². The van der Waals surface area contributed by atoms with Crippen LogP contribution in [0, 0.1) is 0 Å². The molecule has 0 atom stereocenters. The van der Waals surface area contributed by atoms with Crippen molar-refractivity contribution in [3.63, 3.8) is 0 Å². The van der Waals surface area contributed by atoms with Gasteiger partial charge in [-0.25, -0.2) is 0 Å². The standard InChI is InChI=1S/C17H12Cl2N2O3S2/c18-11-4-3-10(8-12(11)19)9-14-16(23)21(17(24)26-14)6-5-20-15(22)13-2-1-7-25-13/h1-4,7-9H,5-6H2,(H,20,22). The van der Waals surface area contributed by atoms with Crippen molar-refractivity contribution in [2.75, 3.05) is 13.1 Å². The SMILES string of the molecule is O=C(NCCN1C(=O)SC(=Cc2ccc(Cl)c(Cl)c2)C1=O)c1cccs1. The van der Waals surface area contributed by atoms with Gasteiger partial charge >= 0.3 is 0 Å². The number of amides is 3. The first-order chi connectivity index (χ1) is 12.5. The Morgan fingerprint density at radius 2 is 2.00 bits per heavy atom. The van der Waals surface area contributed by atoms with Gasteiger partial charge in [0.2, 0.25) is 0 Å². The number of nitrogens with zero attached hydrogens (tertiary/aromatic N) is 1. The minimum absolute atomic E-state index is 0.112. The highest BCUT2D eigenvalue weighted by Gasteiger charge is 2.34. The van der Waals surface area contributed by atoms with Gasteiger partial charge in [-0.3, -0.25) is 19.3 Å². The summed E-state index contributed by atoms with van der Waals surface area (Å²) in [6.07, 6.45) is 1.59. The van der Waals surface area contributed by atoms with Crippen LogP contribution in [0.1, 0.15) is 15.2 Å². The molecule has 1 saturated heterocycles. The van der Waals surface area contributed by atoms with Crippen LogP contribution >= 0.6 is 46.3 Å². The zero-order chi connectivity index (χ0) is 18.7. The van der Waals surface area contributed by atoms with E-state index in [4.69, 9.17) is 23.2 Å². The number of thiophene rings is 1. The summed E-state index contributed by atoms with van der Waals surface area (Å²) in [5.41, 5.74) is 0.677. The highest BCUT2D eigenvalue weighted by atomic mass is 35.5. The van der Waals surface area contributed by atoms with E-state index >= 15 is 0 Å². The summed E-state index contributed by atoms with van der Waals surface area (Å²) in [5.74, 6) is -0.616. The molecule has 9 heteroatoms. The molecule has 0 saturated carbocycles. The zero-order valence-electron chi connectivity index (χ0n) is 13.2. The average molecular weight is 427 g/mol. The van der Waals surface area contributed by atoms with Gasteiger partial charge in [0.1, 0.15) is 0 Å². The van der Waals surface area contributed by atoms with Gasteiger partial charge in [0.25, 0.3) is 17.1 Å². The summed E-state index contributed by atoms with van der Waals surface area (Å²) in [7, 11) is 0.